The number of ketones is 1. The second kappa shape index (κ2) is 8.08. The molecule has 4 rings (SSSR count). The zero-order chi connectivity index (χ0) is 20.4. The van der Waals surface area contributed by atoms with Crippen molar-refractivity contribution in [2.45, 2.75) is 19.8 Å². The van der Waals surface area contributed by atoms with Gasteiger partial charge >= 0.3 is 0 Å². The van der Waals surface area contributed by atoms with Crippen molar-refractivity contribution in [3.8, 4) is 0 Å². The molecule has 0 aliphatic carbocycles. The topological polar surface area (TPSA) is 89.7 Å². The number of aryl methyl sites for hydroxylation is 2. The Bertz CT molecular complexity index is 1070. The molecular weight excluding hydrogens is 390 g/mol. The summed E-state index contributed by atoms with van der Waals surface area (Å²) in [4.78, 5) is 24.5. The van der Waals surface area contributed by atoms with Crippen LogP contribution in [-0.4, -0.2) is 49.0 Å². The van der Waals surface area contributed by atoms with Crippen molar-refractivity contribution < 1.29 is 4.79 Å². The molecule has 0 unspecified atom stereocenters. The molecule has 0 spiro atoms. The molecule has 0 amide bonds. The van der Waals surface area contributed by atoms with Crippen LogP contribution in [0.25, 0.3) is 5.57 Å². The first kappa shape index (κ1) is 19.2. The number of pyridine rings is 2. The van der Waals surface area contributed by atoms with Crippen molar-refractivity contribution >= 4 is 28.9 Å². The Balaban J connectivity index is 1.49. The van der Waals surface area contributed by atoms with Gasteiger partial charge in [0, 0.05) is 54.4 Å². The van der Waals surface area contributed by atoms with Crippen LogP contribution in [0.1, 0.15) is 33.6 Å². The van der Waals surface area contributed by atoms with Crippen LogP contribution in [0.5, 0.6) is 0 Å². The van der Waals surface area contributed by atoms with Crippen LogP contribution in [0.15, 0.2) is 41.8 Å². The molecule has 29 heavy (non-hydrogen) atoms. The van der Waals surface area contributed by atoms with Gasteiger partial charge in [-0.2, -0.15) is 4.80 Å². The van der Waals surface area contributed by atoms with Crippen LogP contribution in [0.2, 0.25) is 0 Å². The Morgan fingerprint density at radius 1 is 1.24 bits per heavy atom. The number of tetrazole rings is 1. The van der Waals surface area contributed by atoms with Crippen molar-refractivity contribution in [1.29, 1.82) is 0 Å². The largest absolute Gasteiger partial charge is 0.333 e. The van der Waals surface area contributed by atoms with E-state index in [1.807, 2.05) is 30.0 Å². The normalized spacial score (nSPS) is 14.4. The SMILES string of the molecule is Cc1ccncc1C(=O)Cc1ccc(C2=C(Cl)CCN(c3nnn(C)n3)C2)cn1. The molecular formula is C20H20ClN7O. The Morgan fingerprint density at radius 3 is 2.79 bits per heavy atom. The summed E-state index contributed by atoms with van der Waals surface area (Å²) in [6.07, 6.45) is 5.99. The number of carbonyl (C=O) groups is 1. The summed E-state index contributed by atoms with van der Waals surface area (Å²) in [5.41, 5.74) is 4.17. The molecule has 1 aliphatic heterocycles. The maximum absolute atomic E-state index is 12.5. The van der Waals surface area contributed by atoms with Crippen LogP contribution in [0, 0.1) is 6.92 Å². The molecule has 0 radical (unpaired) electrons. The summed E-state index contributed by atoms with van der Waals surface area (Å²) in [5, 5.41) is 13.0. The molecule has 9 heteroatoms. The fourth-order valence-corrected chi connectivity index (χ4v) is 3.54. The predicted octanol–water partition coefficient (Wildman–Crippen LogP) is 2.59. The van der Waals surface area contributed by atoms with Gasteiger partial charge in [-0.25, -0.2) is 0 Å². The molecule has 0 aromatic carbocycles. The molecule has 0 N–H and O–H groups in total. The smallest absolute Gasteiger partial charge is 0.266 e. The van der Waals surface area contributed by atoms with E-state index in [1.54, 1.807) is 25.6 Å². The highest BCUT2D eigenvalue weighted by atomic mass is 35.5. The summed E-state index contributed by atoms with van der Waals surface area (Å²) in [7, 11) is 1.74. The zero-order valence-corrected chi connectivity index (χ0v) is 17.0. The first-order valence-corrected chi connectivity index (χ1v) is 9.64. The van der Waals surface area contributed by atoms with E-state index in [0.717, 1.165) is 28.3 Å². The zero-order valence-electron chi connectivity index (χ0n) is 16.2. The van der Waals surface area contributed by atoms with Crippen molar-refractivity contribution in [2.75, 3.05) is 18.0 Å². The molecule has 0 fully saturated rings. The van der Waals surface area contributed by atoms with Gasteiger partial charge in [-0.1, -0.05) is 22.8 Å². The number of hydrogen-bond donors (Lipinski definition) is 0. The molecule has 3 aromatic heterocycles. The first-order chi connectivity index (χ1) is 14.0. The summed E-state index contributed by atoms with van der Waals surface area (Å²) in [6.45, 7) is 3.22. The van der Waals surface area contributed by atoms with E-state index >= 15 is 0 Å². The summed E-state index contributed by atoms with van der Waals surface area (Å²) < 4.78 is 0. The van der Waals surface area contributed by atoms with Crippen molar-refractivity contribution in [2.24, 2.45) is 7.05 Å². The number of carbonyl (C=O) groups excluding carboxylic acids is 1. The van der Waals surface area contributed by atoms with Crippen LogP contribution in [-0.2, 0) is 13.5 Å². The van der Waals surface area contributed by atoms with Crippen molar-refractivity contribution in [3.63, 3.8) is 0 Å². The van der Waals surface area contributed by atoms with Gasteiger partial charge in [0.1, 0.15) is 0 Å². The third-order valence-corrected chi connectivity index (χ3v) is 5.33. The number of aromatic nitrogens is 6. The van der Waals surface area contributed by atoms with Crippen molar-refractivity contribution in [3.05, 3.63) is 64.2 Å². The van der Waals surface area contributed by atoms with Gasteiger partial charge in [-0.05, 0) is 41.0 Å². The number of nitrogens with zero attached hydrogens (tertiary/aromatic N) is 7. The Labute approximate surface area is 173 Å². The number of hydrogen-bond acceptors (Lipinski definition) is 7. The lowest BCUT2D eigenvalue weighted by Crippen LogP contribution is -2.31. The number of Topliss-reactive ketones (excluding diaryl/α,β-unsaturated/α-hetero) is 1. The van der Waals surface area contributed by atoms with Crippen LogP contribution >= 0.6 is 11.6 Å². The summed E-state index contributed by atoms with van der Waals surface area (Å²) >= 11 is 6.50. The minimum absolute atomic E-state index is 0.00525. The molecule has 0 saturated heterocycles. The molecule has 8 nitrogen and oxygen atoms in total. The van der Waals surface area contributed by atoms with E-state index in [-0.39, 0.29) is 12.2 Å². The van der Waals surface area contributed by atoms with Gasteiger partial charge in [-0.15, -0.1) is 5.10 Å². The van der Waals surface area contributed by atoms with Gasteiger partial charge in [0.25, 0.3) is 5.95 Å². The van der Waals surface area contributed by atoms with E-state index in [4.69, 9.17) is 11.6 Å². The second-order valence-corrected chi connectivity index (χ2v) is 7.42. The Hall–Kier alpha value is -3.13. The monoisotopic (exact) mass is 409 g/mol. The molecule has 0 atom stereocenters. The first-order valence-electron chi connectivity index (χ1n) is 9.27. The van der Waals surface area contributed by atoms with Gasteiger partial charge in [0.05, 0.1) is 13.5 Å². The van der Waals surface area contributed by atoms with Gasteiger partial charge in [0.2, 0.25) is 0 Å². The Morgan fingerprint density at radius 2 is 2.10 bits per heavy atom. The van der Waals surface area contributed by atoms with Gasteiger partial charge in [-0.3, -0.25) is 14.8 Å². The van der Waals surface area contributed by atoms with Crippen molar-refractivity contribution in [1.82, 2.24) is 30.2 Å². The maximum atomic E-state index is 12.5. The molecule has 148 valence electrons. The van der Waals surface area contributed by atoms with Crippen LogP contribution in [0.4, 0.5) is 5.95 Å². The van der Waals surface area contributed by atoms with E-state index in [2.05, 4.69) is 25.4 Å². The standard InChI is InChI=1S/C20H20ClN7O/c1-13-5-7-22-11-16(13)19(29)9-15-4-3-14(10-23-15)17-12-28(8-6-18(17)21)20-24-26-27(2)25-20/h3-5,7,10-11H,6,8-9,12H2,1-2H3. The lowest BCUT2D eigenvalue weighted by atomic mass is 10.0. The average Bonchev–Trinajstić information content (AvgIpc) is 3.16. The number of rotatable bonds is 5. The van der Waals surface area contributed by atoms with Crippen LogP contribution in [0.3, 0.4) is 0 Å². The molecule has 1 aliphatic rings. The molecule has 0 bridgehead atoms. The minimum Gasteiger partial charge on any atom is -0.333 e. The number of anilines is 1. The van der Waals surface area contributed by atoms with E-state index in [1.165, 1.54) is 4.80 Å². The fraction of sp³-hybridized carbons (Fsp3) is 0.300. The third-order valence-electron chi connectivity index (χ3n) is 4.91. The summed E-state index contributed by atoms with van der Waals surface area (Å²) in [6, 6.07) is 5.66. The third kappa shape index (κ3) is 4.17. The van der Waals surface area contributed by atoms with E-state index < -0.39 is 0 Å². The van der Waals surface area contributed by atoms with Gasteiger partial charge in [0.15, 0.2) is 5.78 Å². The second-order valence-electron chi connectivity index (χ2n) is 6.96. The molecule has 3 aromatic rings. The minimum atomic E-state index is 0.00525. The Kier molecular flexibility index (Phi) is 5.35. The fourth-order valence-electron chi connectivity index (χ4n) is 3.28. The summed E-state index contributed by atoms with van der Waals surface area (Å²) in [5.74, 6) is 0.585. The molecule has 4 heterocycles. The van der Waals surface area contributed by atoms with Crippen LogP contribution < -0.4 is 4.90 Å². The van der Waals surface area contributed by atoms with E-state index in [9.17, 15) is 4.79 Å². The lowest BCUT2D eigenvalue weighted by molar-refractivity contribution is 0.0991. The highest BCUT2D eigenvalue weighted by molar-refractivity contribution is 6.33. The quantitative estimate of drug-likeness (QED) is 0.598. The highest BCUT2D eigenvalue weighted by Gasteiger charge is 2.22. The van der Waals surface area contributed by atoms with E-state index in [0.29, 0.717) is 30.2 Å². The number of halogens is 1. The predicted molar refractivity (Wildman–Crippen MR) is 110 cm³/mol. The molecule has 0 saturated carbocycles. The average molecular weight is 410 g/mol. The maximum Gasteiger partial charge on any atom is 0.266 e. The highest BCUT2D eigenvalue weighted by Crippen LogP contribution is 2.30. The van der Waals surface area contributed by atoms with Gasteiger partial charge < -0.3 is 4.90 Å². The lowest BCUT2D eigenvalue weighted by Gasteiger charge is -2.27.